The van der Waals surface area contributed by atoms with E-state index >= 15 is 4.39 Å². The Kier molecular flexibility index (Phi) is 6.05. The summed E-state index contributed by atoms with van der Waals surface area (Å²) in [4.78, 5) is 9.44. The van der Waals surface area contributed by atoms with Gasteiger partial charge in [0.15, 0.2) is 0 Å². The van der Waals surface area contributed by atoms with Gasteiger partial charge in [0.05, 0.1) is 37.9 Å². The molecule has 4 aromatic rings. The maximum Gasteiger partial charge on any atom is 0.239 e. The van der Waals surface area contributed by atoms with Crippen LogP contribution in [-0.2, 0) is 22.0 Å². The van der Waals surface area contributed by atoms with Crippen LogP contribution in [0.4, 0.5) is 4.39 Å². The molecule has 0 saturated heterocycles. The molecule has 0 radical (unpaired) electrons. The van der Waals surface area contributed by atoms with E-state index in [-0.39, 0.29) is 11.7 Å². The number of thiophene rings is 1. The maximum atomic E-state index is 15.4. The molecule has 1 unspecified atom stereocenters. The number of hydrogen-bond acceptors (Lipinski definition) is 7. The third-order valence-corrected chi connectivity index (χ3v) is 10.2. The van der Waals surface area contributed by atoms with Gasteiger partial charge in [0.2, 0.25) is 16.0 Å². The van der Waals surface area contributed by atoms with Crippen LogP contribution in [0.2, 0.25) is 5.02 Å². The molecular weight excluding hydrogens is 523 g/mol. The van der Waals surface area contributed by atoms with Crippen molar-refractivity contribution in [2.24, 2.45) is 10.7 Å². The first-order chi connectivity index (χ1) is 17.0. The second-order valence-electron chi connectivity index (χ2n) is 8.96. The van der Waals surface area contributed by atoms with Crippen LogP contribution in [0.25, 0.3) is 27.0 Å². The summed E-state index contributed by atoms with van der Waals surface area (Å²) in [7, 11) is -2.32. The summed E-state index contributed by atoms with van der Waals surface area (Å²) >= 11 is 8.00. The number of halogens is 2. The highest BCUT2D eigenvalue weighted by Gasteiger charge is 2.43. The number of hydrogen-bond donors (Lipinski definition) is 1. The molecule has 0 amide bonds. The molecule has 4 heterocycles. The Labute approximate surface area is 217 Å². The van der Waals surface area contributed by atoms with E-state index in [4.69, 9.17) is 17.3 Å². The van der Waals surface area contributed by atoms with Gasteiger partial charge >= 0.3 is 0 Å². The lowest BCUT2D eigenvalue weighted by Gasteiger charge is -2.33. The largest absolute Gasteiger partial charge is 0.369 e. The van der Waals surface area contributed by atoms with Crippen molar-refractivity contribution in [3.63, 3.8) is 0 Å². The first kappa shape index (κ1) is 24.7. The van der Waals surface area contributed by atoms with Gasteiger partial charge in [0, 0.05) is 36.5 Å². The number of fused-ring (bicyclic) bond motifs is 1. The first-order valence-electron chi connectivity index (χ1n) is 11.3. The highest BCUT2D eigenvalue weighted by molar-refractivity contribution is 7.89. The van der Waals surface area contributed by atoms with Gasteiger partial charge in [0.25, 0.3) is 0 Å². The van der Waals surface area contributed by atoms with Gasteiger partial charge in [-0.1, -0.05) is 24.9 Å². The first-order valence-corrected chi connectivity index (χ1v) is 14.1. The van der Waals surface area contributed by atoms with Crippen molar-refractivity contribution in [2.45, 2.75) is 32.2 Å². The highest BCUT2D eigenvalue weighted by Crippen LogP contribution is 2.47. The number of pyridine rings is 1. The average Bonchev–Trinajstić information content (AvgIpc) is 3.43. The predicted octanol–water partition coefficient (Wildman–Crippen LogP) is 4.70. The molecule has 5 rings (SSSR count). The Morgan fingerprint density at radius 3 is 2.78 bits per heavy atom. The fourth-order valence-corrected chi connectivity index (χ4v) is 7.70. The average molecular weight is 547 g/mol. The summed E-state index contributed by atoms with van der Waals surface area (Å²) < 4.78 is 44.0. The molecule has 1 atom stereocenters. The van der Waals surface area contributed by atoms with Crippen LogP contribution in [0, 0.1) is 5.82 Å². The molecule has 0 spiro atoms. The van der Waals surface area contributed by atoms with Gasteiger partial charge in [-0.2, -0.15) is 5.10 Å². The monoisotopic (exact) mass is 546 g/mol. The number of benzene rings is 1. The van der Waals surface area contributed by atoms with Crippen molar-refractivity contribution in [3.05, 3.63) is 64.1 Å². The summed E-state index contributed by atoms with van der Waals surface area (Å²) in [5.74, 6) is -0.862. The van der Waals surface area contributed by atoms with E-state index in [1.165, 1.54) is 24.5 Å². The maximum absolute atomic E-state index is 15.4. The summed E-state index contributed by atoms with van der Waals surface area (Å²) in [5, 5.41) is 5.34. The van der Waals surface area contributed by atoms with E-state index in [1.807, 2.05) is 6.20 Å². The van der Waals surface area contributed by atoms with Crippen LogP contribution in [0.3, 0.4) is 0 Å². The highest BCUT2D eigenvalue weighted by atomic mass is 35.5. The Morgan fingerprint density at radius 2 is 2.08 bits per heavy atom. The normalized spacial score (nSPS) is 19.6. The zero-order chi connectivity index (χ0) is 25.8. The number of sulfonamides is 1. The summed E-state index contributed by atoms with van der Waals surface area (Å²) in [6.45, 7) is 3.77. The van der Waals surface area contributed by atoms with Crippen LogP contribution in [0.15, 0.2) is 47.8 Å². The molecule has 0 saturated carbocycles. The molecule has 0 fully saturated rings. The lowest BCUT2D eigenvalue weighted by atomic mass is 10.0. The fourth-order valence-electron chi connectivity index (χ4n) is 4.36. The molecular formula is C24H24ClFN6O2S2. The van der Waals surface area contributed by atoms with E-state index < -0.39 is 21.4 Å². The van der Waals surface area contributed by atoms with Crippen LogP contribution >= 0.6 is 22.9 Å². The van der Waals surface area contributed by atoms with E-state index in [9.17, 15) is 8.42 Å². The quantitative estimate of drug-likeness (QED) is 0.390. The van der Waals surface area contributed by atoms with Gasteiger partial charge in [-0.25, -0.2) is 26.8 Å². The number of guanidine groups is 1. The number of aliphatic imine (C=N–C) groups is 1. The smallest absolute Gasteiger partial charge is 0.239 e. The van der Waals surface area contributed by atoms with Crippen LogP contribution in [-0.4, -0.2) is 46.2 Å². The number of nitrogens with two attached hydrogens (primary N) is 1. The number of aromatic nitrogens is 3. The Morgan fingerprint density at radius 1 is 1.31 bits per heavy atom. The predicted molar refractivity (Wildman–Crippen MR) is 142 cm³/mol. The standard InChI is InChI=1S/C24H24ClFN6O2S2/c1-4-5-14-11-29-32(12-14)15-6-7-16(18(26)10-15)20-21-17(8-9-28-20)19(25)22(35-21)24(2)13-36(33,34)31(3)23(27)30-24/h6-12H,4-5,13H2,1-3H3,(H2,27,30). The molecule has 1 aromatic carbocycles. The molecule has 8 nitrogen and oxygen atoms in total. The number of aryl methyl sites for hydroxylation is 1. The van der Waals surface area contributed by atoms with Crippen molar-refractivity contribution in [1.29, 1.82) is 0 Å². The zero-order valence-electron chi connectivity index (χ0n) is 19.9. The van der Waals surface area contributed by atoms with Gasteiger partial charge in [-0.05, 0) is 37.1 Å². The lowest BCUT2D eigenvalue weighted by molar-refractivity contribution is 0.482. The molecule has 36 heavy (non-hydrogen) atoms. The van der Waals surface area contributed by atoms with Gasteiger partial charge < -0.3 is 5.73 Å². The van der Waals surface area contributed by atoms with Crippen LogP contribution in [0.5, 0.6) is 0 Å². The molecule has 188 valence electrons. The summed E-state index contributed by atoms with van der Waals surface area (Å²) in [5.41, 5.74) is 7.14. The molecule has 3 aromatic heterocycles. The lowest BCUT2D eigenvalue weighted by Crippen LogP contribution is -2.50. The minimum absolute atomic E-state index is 0.113. The fraction of sp³-hybridized carbons (Fsp3) is 0.292. The van der Waals surface area contributed by atoms with Crippen molar-refractivity contribution in [1.82, 2.24) is 19.1 Å². The SMILES string of the molecule is CCCc1cnn(-c2ccc(-c3nccc4c(Cl)c(C5(C)CS(=O)(=O)N(C)C(N)=N5)sc34)c(F)c2)c1. The third kappa shape index (κ3) is 4.04. The van der Waals surface area contributed by atoms with Crippen molar-refractivity contribution in [2.75, 3.05) is 12.8 Å². The second kappa shape index (κ2) is 8.82. The Hall–Kier alpha value is -3.02. The van der Waals surface area contributed by atoms with E-state index in [2.05, 4.69) is 22.0 Å². The van der Waals surface area contributed by atoms with Gasteiger partial charge in [0.1, 0.15) is 11.4 Å². The third-order valence-electron chi connectivity index (χ3n) is 6.25. The van der Waals surface area contributed by atoms with Gasteiger partial charge in [-0.15, -0.1) is 11.3 Å². The number of rotatable bonds is 5. The molecule has 0 bridgehead atoms. The minimum Gasteiger partial charge on any atom is -0.369 e. The second-order valence-corrected chi connectivity index (χ2v) is 12.4. The minimum atomic E-state index is -3.68. The van der Waals surface area contributed by atoms with Crippen LogP contribution in [0.1, 0.15) is 30.7 Å². The molecule has 1 aliphatic rings. The van der Waals surface area contributed by atoms with Gasteiger partial charge in [-0.3, -0.25) is 4.98 Å². The van der Waals surface area contributed by atoms with E-state index in [0.717, 1.165) is 22.7 Å². The summed E-state index contributed by atoms with van der Waals surface area (Å²) in [6, 6.07) is 6.60. The van der Waals surface area contributed by atoms with Crippen molar-refractivity contribution < 1.29 is 12.8 Å². The topological polar surface area (TPSA) is 106 Å². The zero-order valence-corrected chi connectivity index (χ0v) is 22.3. The number of nitrogens with zero attached hydrogens (tertiary/aromatic N) is 5. The van der Waals surface area contributed by atoms with E-state index in [1.54, 1.807) is 42.2 Å². The van der Waals surface area contributed by atoms with Crippen LogP contribution < -0.4 is 5.73 Å². The molecule has 12 heteroatoms. The molecule has 0 aliphatic carbocycles. The Bertz CT molecular complexity index is 1630. The summed E-state index contributed by atoms with van der Waals surface area (Å²) in [6.07, 6.45) is 7.14. The Balaban J connectivity index is 1.60. The van der Waals surface area contributed by atoms with Crippen molar-refractivity contribution >= 4 is 49.0 Å². The van der Waals surface area contributed by atoms with E-state index in [0.29, 0.717) is 36.9 Å². The molecule has 1 aliphatic heterocycles. The molecule has 2 N–H and O–H groups in total. The van der Waals surface area contributed by atoms with Crippen molar-refractivity contribution in [3.8, 4) is 16.9 Å².